The maximum atomic E-state index is 13.7. The fourth-order valence-electron chi connectivity index (χ4n) is 5.84. The van der Waals surface area contributed by atoms with Crippen LogP contribution in [0.3, 0.4) is 0 Å². The fourth-order valence-corrected chi connectivity index (χ4v) is 5.84. The maximum absolute atomic E-state index is 13.7. The Morgan fingerprint density at radius 3 is 2.21 bits per heavy atom. The van der Waals surface area contributed by atoms with Gasteiger partial charge in [0.1, 0.15) is 5.82 Å². The summed E-state index contributed by atoms with van der Waals surface area (Å²) in [5.41, 5.74) is 2.31. The summed E-state index contributed by atoms with van der Waals surface area (Å²) in [4.78, 5) is 30.2. The number of ether oxygens (including phenoxy) is 1. The van der Waals surface area contributed by atoms with Crippen LogP contribution in [-0.2, 0) is 10.2 Å². The van der Waals surface area contributed by atoms with Gasteiger partial charge in [0.15, 0.2) is 0 Å². The van der Waals surface area contributed by atoms with Crippen LogP contribution in [0.15, 0.2) is 35.0 Å². The Morgan fingerprint density at radius 2 is 1.66 bits per heavy atom. The van der Waals surface area contributed by atoms with Gasteiger partial charge in [-0.25, -0.2) is 14.0 Å². The quantitative estimate of drug-likeness (QED) is 0.394. The first-order chi connectivity index (χ1) is 17.6. The lowest BCUT2D eigenvalue weighted by Crippen LogP contribution is -2.55. The molecule has 2 N–H and O–H groups in total. The SMILES string of the molecule is CC(C)(C)C1CC2(C=Nc3ccc(F)cc32)CCN1C(=O)O.COC=C1CCN(C(=O)O)C(C(C)(C)C)C1. The van der Waals surface area contributed by atoms with E-state index in [9.17, 15) is 19.1 Å². The third-order valence-corrected chi connectivity index (χ3v) is 7.96. The second-order valence-corrected chi connectivity index (χ2v) is 12.7. The maximum Gasteiger partial charge on any atom is 0.407 e. The monoisotopic (exact) mass is 531 g/mol. The van der Waals surface area contributed by atoms with Crippen LogP contribution in [0.4, 0.5) is 19.7 Å². The highest BCUT2D eigenvalue weighted by atomic mass is 19.1. The summed E-state index contributed by atoms with van der Waals surface area (Å²) in [6.45, 7) is 13.4. The van der Waals surface area contributed by atoms with Crippen molar-refractivity contribution < 1.29 is 28.9 Å². The second kappa shape index (κ2) is 10.9. The van der Waals surface area contributed by atoms with Gasteiger partial charge < -0.3 is 24.7 Å². The molecule has 8 nitrogen and oxygen atoms in total. The van der Waals surface area contributed by atoms with E-state index in [2.05, 4.69) is 25.8 Å². The van der Waals surface area contributed by atoms with Gasteiger partial charge in [0.25, 0.3) is 0 Å². The number of amides is 2. The van der Waals surface area contributed by atoms with Crippen molar-refractivity contribution in [1.29, 1.82) is 0 Å². The van der Waals surface area contributed by atoms with Crippen LogP contribution in [0.5, 0.6) is 0 Å². The highest BCUT2D eigenvalue weighted by Crippen LogP contribution is 2.48. The summed E-state index contributed by atoms with van der Waals surface area (Å²) in [5, 5.41) is 18.6. The first-order valence-electron chi connectivity index (χ1n) is 13.1. The molecule has 1 spiro atoms. The molecule has 3 heterocycles. The molecule has 0 saturated carbocycles. The molecule has 1 aromatic carbocycles. The molecule has 2 amide bonds. The van der Waals surface area contributed by atoms with Gasteiger partial charge in [0, 0.05) is 36.8 Å². The van der Waals surface area contributed by atoms with E-state index in [0.29, 0.717) is 25.9 Å². The standard InChI is InChI=1S/C17H21FN2O2.C12H21NO3/c1-16(2,3)14-9-17(6-7-20(14)15(21)22)10-19-13-5-4-11(18)8-12(13)17;1-12(2,3)10-7-9(8-16-4)5-6-13(10)11(14)15/h4-5,8,10,14H,6-7,9H2,1-3H3,(H,21,22);8,10H,5-7H2,1-4H3,(H,14,15). The molecule has 0 radical (unpaired) electrons. The molecule has 2 fully saturated rings. The van der Waals surface area contributed by atoms with E-state index in [4.69, 9.17) is 9.84 Å². The van der Waals surface area contributed by atoms with Crippen molar-refractivity contribution in [2.24, 2.45) is 15.8 Å². The number of methoxy groups -OCH3 is 1. The minimum atomic E-state index is -0.885. The number of rotatable bonds is 1. The molecule has 1 aromatic rings. The number of fused-ring (bicyclic) bond motifs is 2. The van der Waals surface area contributed by atoms with E-state index >= 15 is 0 Å². The van der Waals surface area contributed by atoms with Gasteiger partial charge in [0.2, 0.25) is 0 Å². The minimum Gasteiger partial charge on any atom is -0.504 e. The second-order valence-electron chi connectivity index (χ2n) is 12.7. The van der Waals surface area contributed by atoms with Gasteiger partial charge in [-0.2, -0.15) is 0 Å². The number of halogens is 1. The van der Waals surface area contributed by atoms with Gasteiger partial charge in [-0.3, -0.25) is 4.99 Å². The number of nitrogens with zero attached hydrogens (tertiary/aromatic N) is 3. The Bertz CT molecular complexity index is 1100. The van der Waals surface area contributed by atoms with Crippen molar-refractivity contribution in [1.82, 2.24) is 9.80 Å². The van der Waals surface area contributed by atoms with E-state index in [1.54, 1.807) is 30.4 Å². The van der Waals surface area contributed by atoms with E-state index in [1.807, 2.05) is 27.0 Å². The molecular weight excluding hydrogens is 489 g/mol. The Kier molecular flexibility index (Phi) is 8.48. The molecule has 9 heteroatoms. The summed E-state index contributed by atoms with van der Waals surface area (Å²) >= 11 is 0. The smallest absolute Gasteiger partial charge is 0.407 e. The molecule has 2 saturated heterocycles. The molecule has 210 valence electrons. The summed E-state index contributed by atoms with van der Waals surface area (Å²) in [7, 11) is 1.63. The average molecular weight is 532 g/mol. The average Bonchev–Trinajstić information content (AvgIpc) is 3.15. The van der Waals surface area contributed by atoms with Crippen molar-refractivity contribution in [2.75, 3.05) is 20.2 Å². The van der Waals surface area contributed by atoms with Gasteiger partial charge in [-0.1, -0.05) is 41.5 Å². The first-order valence-corrected chi connectivity index (χ1v) is 13.1. The third-order valence-electron chi connectivity index (χ3n) is 7.96. The lowest BCUT2D eigenvalue weighted by Gasteiger charge is -2.48. The molecule has 3 aliphatic heterocycles. The lowest BCUT2D eigenvalue weighted by molar-refractivity contribution is 0.0447. The van der Waals surface area contributed by atoms with Crippen molar-refractivity contribution >= 4 is 24.1 Å². The number of likely N-dealkylation sites (tertiary alicyclic amines) is 2. The van der Waals surface area contributed by atoms with Crippen LogP contribution >= 0.6 is 0 Å². The van der Waals surface area contributed by atoms with Crippen LogP contribution in [0, 0.1) is 16.6 Å². The zero-order chi connectivity index (χ0) is 28.5. The van der Waals surface area contributed by atoms with Crippen LogP contribution in [0.2, 0.25) is 0 Å². The summed E-state index contributed by atoms with van der Waals surface area (Å²) in [6, 6.07) is 4.58. The highest BCUT2D eigenvalue weighted by molar-refractivity contribution is 5.85. The van der Waals surface area contributed by atoms with Gasteiger partial charge in [-0.05, 0) is 65.8 Å². The van der Waals surface area contributed by atoms with Crippen molar-refractivity contribution in [3.05, 3.63) is 41.4 Å². The molecule has 0 aliphatic carbocycles. The number of carbonyl (C=O) groups is 2. The Balaban J connectivity index is 0.000000223. The van der Waals surface area contributed by atoms with E-state index < -0.39 is 12.2 Å². The highest BCUT2D eigenvalue weighted by Gasteiger charge is 2.48. The molecule has 38 heavy (non-hydrogen) atoms. The first kappa shape index (κ1) is 29.5. The Morgan fingerprint density at radius 1 is 1.05 bits per heavy atom. The molecule has 0 aromatic heterocycles. The predicted molar refractivity (Wildman–Crippen MR) is 146 cm³/mol. The van der Waals surface area contributed by atoms with Gasteiger partial charge >= 0.3 is 12.2 Å². The van der Waals surface area contributed by atoms with Crippen molar-refractivity contribution in [3.8, 4) is 0 Å². The number of hydrogen-bond acceptors (Lipinski definition) is 4. The fraction of sp³-hybridized carbons (Fsp3) is 0.621. The van der Waals surface area contributed by atoms with E-state index in [0.717, 1.165) is 24.1 Å². The molecule has 4 rings (SSSR count). The molecular formula is C29H42FN3O5. The van der Waals surface area contributed by atoms with Crippen LogP contribution in [0.25, 0.3) is 0 Å². The Labute approximate surface area is 225 Å². The number of aliphatic imine (C=N–C) groups is 1. The summed E-state index contributed by atoms with van der Waals surface area (Å²) in [5.74, 6) is -0.267. The topological polar surface area (TPSA) is 103 Å². The lowest BCUT2D eigenvalue weighted by atomic mass is 9.67. The van der Waals surface area contributed by atoms with Crippen molar-refractivity contribution in [3.63, 3.8) is 0 Å². The van der Waals surface area contributed by atoms with Gasteiger partial charge in [0.05, 0.1) is 19.1 Å². The number of piperidine rings is 2. The molecule has 3 aliphatic rings. The number of carboxylic acid groups (broad SMARTS) is 2. The van der Waals surface area contributed by atoms with Crippen LogP contribution < -0.4 is 0 Å². The summed E-state index contributed by atoms with van der Waals surface area (Å²) < 4.78 is 18.7. The molecule has 3 unspecified atom stereocenters. The molecule has 3 atom stereocenters. The predicted octanol–water partition coefficient (Wildman–Crippen LogP) is 6.67. The Hall–Kier alpha value is -3.10. The van der Waals surface area contributed by atoms with Crippen LogP contribution in [0.1, 0.15) is 72.8 Å². The van der Waals surface area contributed by atoms with E-state index in [-0.39, 0.29) is 34.1 Å². The minimum absolute atomic E-state index is 0.0279. The zero-order valence-corrected chi connectivity index (χ0v) is 23.6. The number of benzene rings is 1. The van der Waals surface area contributed by atoms with Crippen LogP contribution in [-0.4, -0.2) is 70.7 Å². The van der Waals surface area contributed by atoms with Gasteiger partial charge in [-0.15, -0.1) is 0 Å². The summed E-state index contributed by atoms with van der Waals surface area (Å²) in [6.07, 6.45) is 4.76. The third kappa shape index (κ3) is 6.30. The number of hydrogen-bond donors (Lipinski definition) is 2. The zero-order valence-electron chi connectivity index (χ0n) is 23.6. The van der Waals surface area contributed by atoms with Crippen molar-refractivity contribution in [2.45, 2.75) is 84.7 Å². The molecule has 0 bridgehead atoms. The van der Waals surface area contributed by atoms with E-state index in [1.165, 1.54) is 16.5 Å². The largest absolute Gasteiger partial charge is 0.504 e. The normalized spacial score (nSPS) is 26.2.